The number of nitrogens with zero attached hydrogens (tertiary/aromatic N) is 3. The quantitative estimate of drug-likeness (QED) is 0.473. The Morgan fingerprint density at radius 1 is 1.05 bits per heavy atom. The highest BCUT2D eigenvalue weighted by Crippen LogP contribution is 2.24. The molecule has 0 aliphatic carbocycles. The fourth-order valence-electron chi connectivity index (χ4n) is 2.00. The van der Waals surface area contributed by atoms with Gasteiger partial charge in [0, 0.05) is 5.39 Å². The summed E-state index contributed by atoms with van der Waals surface area (Å²) in [7, 11) is 0. The molecule has 0 unspecified atom stereocenters. The molecular weight excluding hydrogens is 385 g/mol. The molecule has 100 valence electrons. The Kier molecular flexibility index (Phi) is 3.85. The van der Waals surface area contributed by atoms with Gasteiger partial charge in [0.1, 0.15) is 10.8 Å². The Balaban J connectivity index is 2.17. The maximum absolute atomic E-state index is 6.18. The molecule has 0 saturated carbocycles. The average Bonchev–Trinajstić information content (AvgIpc) is 2.49. The van der Waals surface area contributed by atoms with E-state index in [0.29, 0.717) is 11.0 Å². The van der Waals surface area contributed by atoms with Crippen molar-refractivity contribution in [1.82, 2.24) is 15.0 Å². The van der Waals surface area contributed by atoms with Gasteiger partial charge in [-0.05, 0) is 41.1 Å². The van der Waals surface area contributed by atoms with E-state index in [1.807, 2.05) is 36.4 Å². The van der Waals surface area contributed by atoms with E-state index in [2.05, 4.69) is 44.5 Å². The second kappa shape index (κ2) is 5.61. The van der Waals surface area contributed by atoms with E-state index in [9.17, 15) is 0 Å². The molecule has 1 aromatic carbocycles. The number of aryl methyl sites for hydroxylation is 1. The predicted octanol–water partition coefficient (Wildman–Crippen LogP) is 4.51. The molecule has 3 nitrogen and oxygen atoms in total. The van der Waals surface area contributed by atoms with Crippen LogP contribution in [-0.2, 0) is 6.42 Å². The van der Waals surface area contributed by atoms with E-state index in [1.54, 1.807) is 0 Å². The van der Waals surface area contributed by atoms with Crippen molar-refractivity contribution in [3.8, 4) is 11.5 Å². The molecule has 3 aromatic rings. The fourth-order valence-corrected chi connectivity index (χ4v) is 2.81. The number of pyridine rings is 1. The highest BCUT2D eigenvalue weighted by atomic mass is 127. The Hall–Kier alpha value is -1.27. The van der Waals surface area contributed by atoms with Crippen molar-refractivity contribution in [2.24, 2.45) is 0 Å². The second-order valence-electron chi connectivity index (χ2n) is 4.34. The van der Waals surface area contributed by atoms with Crippen LogP contribution in [0.5, 0.6) is 0 Å². The summed E-state index contributed by atoms with van der Waals surface area (Å²) in [5.41, 5.74) is 2.63. The monoisotopic (exact) mass is 395 g/mol. The molecule has 0 fully saturated rings. The fraction of sp³-hybridized carbons (Fsp3) is 0.133. The van der Waals surface area contributed by atoms with E-state index in [-0.39, 0.29) is 0 Å². The first-order chi connectivity index (χ1) is 9.69. The smallest absolute Gasteiger partial charge is 0.179 e. The third-order valence-electron chi connectivity index (χ3n) is 3.04. The Morgan fingerprint density at radius 2 is 1.85 bits per heavy atom. The summed E-state index contributed by atoms with van der Waals surface area (Å²) in [6, 6.07) is 11.9. The molecule has 0 N–H and O–H groups in total. The normalized spacial score (nSPS) is 10.9. The van der Waals surface area contributed by atoms with Gasteiger partial charge in [0.05, 0.1) is 14.8 Å². The number of aromatic nitrogens is 3. The molecular formula is C15H11ClIN3. The molecule has 2 heterocycles. The summed E-state index contributed by atoms with van der Waals surface area (Å²) in [6.45, 7) is 2.05. The largest absolute Gasteiger partial charge is 0.244 e. The molecule has 0 spiro atoms. The van der Waals surface area contributed by atoms with E-state index < -0.39 is 0 Å². The first-order valence-electron chi connectivity index (χ1n) is 6.27. The van der Waals surface area contributed by atoms with Crippen molar-refractivity contribution >= 4 is 45.1 Å². The number of halogens is 2. The first kappa shape index (κ1) is 13.7. The van der Waals surface area contributed by atoms with Crippen LogP contribution in [0.2, 0.25) is 5.15 Å². The van der Waals surface area contributed by atoms with Crippen LogP contribution in [0, 0.1) is 3.57 Å². The average molecular weight is 396 g/mol. The van der Waals surface area contributed by atoms with E-state index in [0.717, 1.165) is 32.3 Å². The minimum atomic E-state index is 0.488. The van der Waals surface area contributed by atoms with Crippen LogP contribution >= 0.6 is 34.2 Å². The van der Waals surface area contributed by atoms with Crippen molar-refractivity contribution in [1.29, 1.82) is 0 Å². The summed E-state index contributed by atoms with van der Waals surface area (Å²) in [5.74, 6) is 0.581. The molecule has 2 aromatic heterocycles. The van der Waals surface area contributed by atoms with Crippen LogP contribution in [0.15, 0.2) is 36.4 Å². The molecule has 0 aliphatic heterocycles. The van der Waals surface area contributed by atoms with Crippen molar-refractivity contribution in [3.05, 3.63) is 50.8 Å². The summed E-state index contributed by atoms with van der Waals surface area (Å²) in [6.07, 6.45) is 0.821. The number of benzene rings is 1. The Bertz CT molecular complexity index is 789. The third kappa shape index (κ3) is 2.50. The van der Waals surface area contributed by atoms with Crippen LogP contribution in [0.25, 0.3) is 22.4 Å². The summed E-state index contributed by atoms with van der Waals surface area (Å²) >= 11 is 8.36. The van der Waals surface area contributed by atoms with Crippen molar-refractivity contribution in [3.63, 3.8) is 0 Å². The van der Waals surface area contributed by atoms with Gasteiger partial charge in [-0.25, -0.2) is 15.0 Å². The van der Waals surface area contributed by atoms with Gasteiger partial charge in [0.15, 0.2) is 5.82 Å². The highest BCUT2D eigenvalue weighted by molar-refractivity contribution is 14.1. The lowest BCUT2D eigenvalue weighted by Gasteiger charge is -2.07. The van der Waals surface area contributed by atoms with Crippen LogP contribution in [0.3, 0.4) is 0 Å². The SMILES string of the molecule is CCc1nc(-c2ccc3ccccc3n2)nc(Cl)c1I. The highest BCUT2D eigenvalue weighted by Gasteiger charge is 2.12. The minimum Gasteiger partial charge on any atom is -0.244 e. The molecule has 3 rings (SSSR count). The van der Waals surface area contributed by atoms with Gasteiger partial charge in [-0.1, -0.05) is 42.8 Å². The molecule has 0 saturated heterocycles. The summed E-state index contributed by atoms with van der Waals surface area (Å²) in [5, 5.41) is 1.59. The number of hydrogen-bond acceptors (Lipinski definition) is 3. The standard InChI is InChI=1S/C15H11ClIN3/c1-2-10-13(17)14(16)20-15(19-10)12-8-7-9-5-3-4-6-11(9)18-12/h3-8H,2H2,1H3. The summed E-state index contributed by atoms with van der Waals surface area (Å²) < 4.78 is 0.913. The molecule has 0 atom stereocenters. The van der Waals surface area contributed by atoms with Gasteiger partial charge in [0.2, 0.25) is 0 Å². The predicted molar refractivity (Wildman–Crippen MR) is 89.9 cm³/mol. The lowest BCUT2D eigenvalue weighted by atomic mass is 10.2. The van der Waals surface area contributed by atoms with Crippen molar-refractivity contribution in [2.75, 3.05) is 0 Å². The zero-order chi connectivity index (χ0) is 14.1. The summed E-state index contributed by atoms with van der Waals surface area (Å²) in [4.78, 5) is 13.5. The molecule has 0 radical (unpaired) electrons. The van der Waals surface area contributed by atoms with Gasteiger partial charge in [-0.15, -0.1) is 0 Å². The molecule has 0 bridgehead atoms. The van der Waals surface area contributed by atoms with Gasteiger partial charge in [-0.2, -0.15) is 0 Å². The van der Waals surface area contributed by atoms with Gasteiger partial charge in [-0.3, -0.25) is 0 Å². The van der Waals surface area contributed by atoms with Crippen LogP contribution in [-0.4, -0.2) is 15.0 Å². The van der Waals surface area contributed by atoms with Crippen LogP contribution in [0.4, 0.5) is 0 Å². The Morgan fingerprint density at radius 3 is 2.65 bits per heavy atom. The number of hydrogen-bond donors (Lipinski definition) is 0. The zero-order valence-electron chi connectivity index (χ0n) is 10.8. The maximum atomic E-state index is 6.18. The van der Waals surface area contributed by atoms with Crippen LogP contribution < -0.4 is 0 Å². The lowest BCUT2D eigenvalue weighted by Crippen LogP contribution is -2.00. The number of rotatable bonds is 2. The van der Waals surface area contributed by atoms with Gasteiger partial charge in [0.25, 0.3) is 0 Å². The topological polar surface area (TPSA) is 38.7 Å². The third-order valence-corrected chi connectivity index (χ3v) is 4.77. The molecule has 0 aliphatic rings. The molecule has 0 amide bonds. The zero-order valence-corrected chi connectivity index (χ0v) is 13.7. The van der Waals surface area contributed by atoms with Crippen molar-refractivity contribution in [2.45, 2.75) is 13.3 Å². The van der Waals surface area contributed by atoms with E-state index in [4.69, 9.17) is 11.6 Å². The molecule has 5 heteroatoms. The number of fused-ring (bicyclic) bond motifs is 1. The van der Waals surface area contributed by atoms with Crippen molar-refractivity contribution < 1.29 is 0 Å². The second-order valence-corrected chi connectivity index (χ2v) is 5.78. The van der Waals surface area contributed by atoms with E-state index in [1.165, 1.54) is 0 Å². The van der Waals surface area contributed by atoms with Crippen LogP contribution in [0.1, 0.15) is 12.6 Å². The minimum absolute atomic E-state index is 0.488. The Labute approximate surface area is 135 Å². The number of para-hydroxylation sites is 1. The van der Waals surface area contributed by atoms with Gasteiger partial charge >= 0.3 is 0 Å². The first-order valence-corrected chi connectivity index (χ1v) is 7.73. The van der Waals surface area contributed by atoms with E-state index >= 15 is 0 Å². The lowest BCUT2D eigenvalue weighted by molar-refractivity contribution is 0.984. The van der Waals surface area contributed by atoms with Gasteiger partial charge < -0.3 is 0 Å². The molecule has 20 heavy (non-hydrogen) atoms. The maximum Gasteiger partial charge on any atom is 0.179 e.